The molecule has 1 heterocycles. The second-order valence-electron chi connectivity index (χ2n) is 5.42. The summed E-state index contributed by atoms with van der Waals surface area (Å²) in [6.45, 7) is 7.63. The molecule has 0 saturated heterocycles. The minimum absolute atomic E-state index is 0.0788. The summed E-state index contributed by atoms with van der Waals surface area (Å²) in [4.78, 5) is 16.0. The average Bonchev–Trinajstić information content (AvgIpc) is 2.26. The van der Waals surface area contributed by atoms with Gasteiger partial charge in [-0.1, -0.05) is 13.3 Å². The fourth-order valence-electron chi connectivity index (χ4n) is 1.68. The number of alkyl carbamates (subject to hydrolysis) is 1. The fourth-order valence-corrected chi connectivity index (χ4v) is 2.06. The molecule has 0 spiro atoms. The average molecular weight is 329 g/mol. The number of aromatic nitrogens is 1. The van der Waals surface area contributed by atoms with Gasteiger partial charge < -0.3 is 10.1 Å². The van der Waals surface area contributed by atoms with Crippen LogP contribution >= 0.6 is 15.9 Å². The number of hydrogen-bond donors (Lipinski definition) is 1. The molecule has 1 N–H and O–H groups in total. The molecule has 5 heteroatoms. The van der Waals surface area contributed by atoms with Crippen molar-refractivity contribution in [1.29, 1.82) is 0 Å². The summed E-state index contributed by atoms with van der Waals surface area (Å²) in [7, 11) is 0. The van der Waals surface area contributed by atoms with Crippen molar-refractivity contribution in [1.82, 2.24) is 10.3 Å². The van der Waals surface area contributed by atoms with Gasteiger partial charge in [-0.15, -0.1) is 0 Å². The Kier molecular flexibility index (Phi) is 5.79. The minimum Gasteiger partial charge on any atom is -0.444 e. The van der Waals surface area contributed by atoms with Gasteiger partial charge in [0.25, 0.3) is 0 Å². The lowest BCUT2D eigenvalue weighted by Crippen LogP contribution is -2.35. The molecular formula is C14H21BrN2O2. The molecule has 0 fully saturated rings. The van der Waals surface area contributed by atoms with E-state index in [0.29, 0.717) is 0 Å². The van der Waals surface area contributed by atoms with E-state index in [2.05, 4.69) is 33.2 Å². The maximum Gasteiger partial charge on any atom is 0.408 e. The van der Waals surface area contributed by atoms with Gasteiger partial charge in [0.2, 0.25) is 0 Å². The Hall–Kier alpha value is -1.10. The highest BCUT2D eigenvalue weighted by Crippen LogP contribution is 2.21. The van der Waals surface area contributed by atoms with Gasteiger partial charge in [0.15, 0.2) is 0 Å². The molecule has 0 aliphatic rings. The molecule has 1 aromatic heterocycles. The van der Waals surface area contributed by atoms with Crippen molar-refractivity contribution in [2.24, 2.45) is 0 Å². The maximum absolute atomic E-state index is 11.8. The van der Waals surface area contributed by atoms with Crippen molar-refractivity contribution < 1.29 is 9.53 Å². The van der Waals surface area contributed by atoms with Crippen LogP contribution in [0, 0.1) is 0 Å². The highest BCUT2D eigenvalue weighted by Gasteiger charge is 2.20. The Balaban J connectivity index is 2.76. The Morgan fingerprint density at radius 1 is 1.47 bits per heavy atom. The van der Waals surface area contributed by atoms with Crippen LogP contribution in [0.15, 0.2) is 22.9 Å². The third-order valence-electron chi connectivity index (χ3n) is 2.40. The van der Waals surface area contributed by atoms with Gasteiger partial charge in [0, 0.05) is 16.9 Å². The molecule has 1 aromatic rings. The lowest BCUT2D eigenvalue weighted by atomic mass is 10.0. The molecule has 0 radical (unpaired) electrons. The number of carbonyl (C=O) groups is 1. The summed E-state index contributed by atoms with van der Waals surface area (Å²) in [5.41, 5.74) is 0.484. The van der Waals surface area contributed by atoms with Gasteiger partial charge in [-0.2, -0.15) is 0 Å². The van der Waals surface area contributed by atoms with E-state index in [1.54, 1.807) is 12.4 Å². The molecule has 1 amide bonds. The van der Waals surface area contributed by atoms with Crippen LogP contribution in [0.4, 0.5) is 4.79 Å². The van der Waals surface area contributed by atoms with Crippen LogP contribution in [0.25, 0.3) is 0 Å². The Morgan fingerprint density at radius 2 is 2.16 bits per heavy atom. The number of amides is 1. The van der Waals surface area contributed by atoms with Gasteiger partial charge in [0.1, 0.15) is 5.60 Å². The molecule has 1 atom stereocenters. The number of pyridine rings is 1. The molecule has 1 unspecified atom stereocenters. The Bertz CT molecular complexity index is 430. The van der Waals surface area contributed by atoms with Crippen molar-refractivity contribution in [2.45, 2.75) is 52.2 Å². The predicted octanol–water partition coefficient (Wildman–Crippen LogP) is 4.21. The Labute approximate surface area is 123 Å². The van der Waals surface area contributed by atoms with Gasteiger partial charge in [-0.05, 0) is 54.8 Å². The predicted molar refractivity (Wildman–Crippen MR) is 79.0 cm³/mol. The second-order valence-corrected chi connectivity index (χ2v) is 6.34. The van der Waals surface area contributed by atoms with E-state index >= 15 is 0 Å². The molecule has 4 nitrogen and oxygen atoms in total. The van der Waals surface area contributed by atoms with E-state index in [0.717, 1.165) is 22.9 Å². The first kappa shape index (κ1) is 16.0. The van der Waals surface area contributed by atoms with Crippen molar-refractivity contribution >= 4 is 22.0 Å². The Morgan fingerprint density at radius 3 is 2.68 bits per heavy atom. The van der Waals surface area contributed by atoms with Gasteiger partial charge in [-0.25, -0.2) is 4.79 Å². The first-order chi connectivity index (χ1) is 8.81. The molecule has 0 saturated carbocycles. The number of halogens is 1. The summed E-state index contributed by atoms with van der Waals surface area (Å²) < 4.78 is 6.18. The number of nitrogens with one attached hydrogen (secondary N) is 1. The molecule has 1 rings (SSSR count). The van der Waals surface area contributed by atoms with Gasteiger partial charge >= 0.3 is 6.09 Å². The van der Waals surface area contributed by atoms with Crippen molar-refractivity contribution in [3.05, 3.63) is 28.5 Å². The van der Waals surface area contributed by atoms with E-state index < -0.39 is 11.7 Å². The fraction of sp³-hybridized carbons (Fsp3) is 0.571. The molecule has 0 bridgehead atoms. The molecular weight excluding hydrogens is 308 g/mol. The number of hydrogen-bond acceptors (Lipinski definition) is 3. The van der Waals surface area contributed by atoms with Crippen LogP contribution in [-0.4, -0.2) is 16.7 Å². The van der Waals surface area contributed by atoms with Crippen LogP contribution in [0.1, 0.15) is 52.1 Å². The van der Waals surface area contributed by atoms with Crippen LogP contribution in [0.5, 0.6) is 0 Å². The van der Waals surface area contributed by atoms with Crippen LogP contribution in [-0.2, 0) is 4.74 Å². The van der Waals surface area contributed by atoms with Crippen molar-refractivity contribution in [3.63, 3.8) is 0 Å². The number of carbonyl (C=O) groups excluding carboxylic acids is 1. The van der Waals surface area contributed by atoms with Gasteiger partial charge in [-0.3, -0.25) is 4.98 Å². The quantitative estimate of drug-likeness (QED) is 0.900. The van der Waals surface area contributed by atoms with E-state index in [-0.39, 0.29) is 6.04 Å². The summed E-state index contributed by atoms with van der Waals surface area (Å²) in [6.07, 6.45) is 4.90. The SMILES string of the molecule is CCCC(NC(=O)OC(C)(C)C)c1cncc(Br)c1. The monoisotopic (exact) mass is 328 g/mol. The van der Waals surface area contributed by atoms with Crippen molar-refractivity contribution in [3.8, 4) is 0 Å². The summed E-state index contributed by atoms with van der Waals surface area (Å²) in [6, 6.07) is 1.88. The minimum atomic E-state index is -0.490. The zero-order valence-electron chi connectivity index (χ0n) is 11.9. The zero-order chi connectivity index (χ0) is 14.5. The van der Waals surface area contributed by atoms with Crippen LogP contribution < -0.4 is 5.32 Å². The largest absolute Gasteiger partial charge is 0.444 e. The van der Waals surface area contributed by atoms with Crippen LogP contribution in [0.3, 0.4) is 0 Å². The summed E-state index contributed by atoms with van der Waals surface area (Å²) in [5.74, 6) is 0. The highest BCUT2D eigenvalue weighted by molar-refractivity contribution is 9.10. The molecule has 106 valence electrons. The number of nitrogens with zero attached hydrogens (tertiary/aromatic N) is 1. The van der Waals surface area contributed by atoms with E-state index in [4.69, 9.17) is 4.74 Å². The van der Waals surface area contributed by atoms with E-state index in [1.807, 2.05) is 26.8 Å². The smallest absolute Gasteiger partial charge is 0.408 e. The van der Waals surface area contributed by atoms with Crippen LogP contribution in [0.2, 0.25) is 0 Å². The first-order valence-corrected chi connectivity index (χ1v) is 7.21. The normalized spacial score (nSPS) is 12.9. The molecule has 19 heavy (non-hydrogen) atoms. The topological polar surface area (TPSA) is 51.2 Å². The summed E-state index contributed by atoms with van der Waals surface area (Å²) >= 11 is 3.39. The van der Waals surface area contributed by atoms with Crippen molar-refractivity contribution in [2.75, 3.05) is 0 Å². The number of ether oxygens (including phenoxy) is 1. The molecule has 0 aliphatic carbocycles. The standard InChI is InChI=1S/C14H21BrN2O2/c1-5-6-12(10-7-11(15)9-16-8-10)17-13(18)19-14(2,3)4/h7-9,12H,5-6H2,1-4H3,(H,17,18). The lowest BCUT2D eigenvalue weighted by molar-refractivity contribution is 0.0500. The third-order valence-corrected chi connectivity index (χ3v) is 2.83. The lowest BCUT2D eigenvalue weighted by Gasteiger charge is -2.23. The zero-order valence-corrected chi connectivity index (χ0v) is 13.5. The van der Waals surface area contributed by atoms with Gasteiger partial charge in [0.05, 0.1) is 6.04 Å². The first-order valence-electron chi connectivity index (χ1n) is 6.42. The molecule has 0 aliphatic heterocycles. The van der Waals surface area contributed by atoms with E-state index in [9.17, 15) is 4.79 Å². The second kappa shape index (κ2) is 6.89. The maximum atomic E-state index is 11.8. The highest BCUT2D eigenvalue weighted by atomic mass is 79.9. The summed E-state index contributed by atoms with van der Waals surface area (Å²) in [5, 5.41) is 2.90. The number of rotatable bonds is 4. The molecule has 0 aromatic carbocycles. The van der Waals surface area contributed by atoms with E-state index in [1.165, 1.54) is 0 Å². The third kappa shape index (κ3) is 6.05.